The van der Waals surface area contributed by atoms with Gasteiger partial charge >= 0.3 is 0 Å². The van der Waals surface area contributed by atoms with Gasteiger partial charge in [0.2, 0.25) is 11.8 Å². The minimum absolute atomic E-state index is 0.0879. The normalized spacial score (nSPS) is 14.4. The molecule has 1 aromatic rings. The number of nitrogens with zero attached hydrogens (tertiary/aromatic N) is 2. The molecule has 24 heavy (non-hydrogen) atoms. The third-order valence-corrected chi connectivity index (χ3v) is 4.14. The van der Waals surface area contributed by atoms with Crippen molar-refractivity contribution in [2.45, 2.75) is 19.8 Å². The van der Waals surface area contributed by atoms with Gasteiger partial charge in [0.05, 0.1) is 0 Å². The Balaban J connectivity index is 1.93. The van der Waals surface area contributed by atoms with E-state index in [1.165, 1.54) is 6.92 Å². The van der Waals surface area contributed by atoms with Gasteiger partial charge in [0.15, 0.2) is 0 Å². The first kappa shape index (κ1) is 18.3. The molecular formula is C17H22ClN3O3. The van der Waals surface area contributed by atoms with Gasteiger partial charge in [-0.05, 0) is 24.6 Å². The molecule has 6 nitrogen and oxygen atoms in total. The van der Waals surface area contributed by atoms with Crippen LogP contribution in [0, 0.1) is 0 Å². The van der Waals surface area contributed by atoms with Crippen LogP contribution in [0.5, 0.6) is 0 Å². The zero-order chi connectivity index (χ0) is 17.5. The molecule has 0 aromatic heterocycles. The Kier molecular flexibility index (Phi) is 6.61. The second-order valence-corrected chi connectivity index (χ2v) is 6.11. The van der Waals surface area contributed by atoms with Crippen molar-refractivity contribution in [1.29, 1.82) is 0 Å². The molecule has 1 saturated heterocycles. The van der Waals surface area contributed by atoms with Gasteiger partial charge in [-0.3, -0.25) is 14.4 Å². The molecule has 0 atom stereocenters. The maximum Gasteiger partial charge on any atom is 0.254 e. The highest BCUT2D eigenvalue weighted by atomic mass is 35.5. The van der Waals surface area contributed by atoms with Crippen LogP contribution in [0.25, 0.3) is 0 Å². The highest BCUT2D eigenvalue weighted by molar-refractivity contribution is 6.17. The lowest BCUT2D eigenvalue weighted by atomic mass is 10.1. The Morgan fingerprint density at radius 1 is 1.12 bits per heavy atom. The molecule has 0 radical (unpaired) electrons. The molecule has 1 N–H and O–H groups in total. The Hall–Kier alpha value is -2.08. The highest BCUT2D eigenvalue weighted by Gasteiger charge is 2.24. The van der Waals surface area contributed by atoms with E-state index in [4.69, 9.17) is 11.6 Å². The summed E-state index contributed by atoms with van der Waals surface area (Å²) in [6.07, 6.45) is 1.13. The fourth-order valence-electron chi connectivity index (χ4n) is 2.65. The van der Waals surface area contributed by atoms with Crippen molar-refractivity contribution in [3.8, 4) is 0 Å². The van der Waals surface area contributed by atoms with Crippen molar-refractivity contribution in [2.24, 2.45) is 0 Å². The Morgan fingerprint density at radius 2 is 1.79 bits per heavy atom. The van der Waals surface area contributed by atoms with Crippen molar-refractivity contribution in [3.05, 3.63) is 29.8 Å². The number of piperazine rings is 1. The summed E-state index contributed by atoms with van der Waals surface area (Å²) in [5.74, 6) is 0.309. The summed E-state index contributed by atoms with van der Waals surface area (Å²) in [4.78, 5) is 39.2. The molecule has 1 fully saturated rings. The zero-order valence-electron chi connectivity index (χ0n) is 13.8. The standard InChI is InChI=1S/C17H22ClN3O3/c1-13(22)19-15-5-2-4-14(12-15)17(24)21-10-8-20(9-11-21)16(23)6-3-7-18/h2,4-5,12H,3,6-11H2,1H3,(H,19,22). The lowest BCUT2D eigenvalue weighted by Crippen LogP contribution is -2.50. The summed E-state index contributed by atoms with van der Waals surface area (Å²) >= 11 is 5.61. The number of benzene rings is 1. The number of carbonyl (C=O) groups excluding carboxylic acids is 3. The van der Waals surface area contributed by atoms with Crippen LogP contribution < -0.4 is 5.32 Å². The van der Waals surface area contributed by atoms with E-state index in [0.29, 0.717) is 56.2 Å². The van der Waals surface area contributed by atoms with Gasteiger partial charge in [0.1, 0.15) is 0 Å². The first-order chi connectivity index (χ1) is 11.5. The summed E-state index contributed by atoms with van der Waals surface area (Å²) in [5.41, 5.74) is 1.13. The molecule has 1 aliphatic rings. The van der Waals surface area contributed by atoms with E-state index < -0.39 is 0 Å². The number of anilines is 1. The SMILES string of the molecule is CC(=O)Nc1cccc(C(=O)N2CCN(C(=O)CCCCl)CC2)c1. The quantitative estimate of drug-likeness (QED) is 0.824. The Bertz CT molecular complexity index is 613. The van der Waals surface area contributed by atoms with E-state index in [1.807, 2.05) is 0 Å². The molecule has 3 amide bonds. The fraction of sp³-hybridized carbons (Fsp3) is 0.471. The number of carbonyl (C=O) groups is 3. The average Bonchev–Trinajstić information content (AvgIpc) is 2.59. The van der Waals surface area contributed by atoms with Crippen LogP contribution in [0.1, 0.15) is 30.1 Å². The van der Waals surface area contributed by atoms with Gasteiger partial charge in [0, 0.05) is 56.7 Å². The number of alkyl halides is 1. The number of hydrogen-bond acceptors (Lipinski definition) is 3. The van der Waals surface area contributed by atoms with Crippen LogP contribution in [0.15, 0.2) is 24.3 Å². The molecular weight excluding hydrogens is 330 g/mol. The topological polar surface area (TPSA) is 69.7 Å². The number of rotatable bonds is 5. The second-order valence-electron chi connectivity index (χ2n) is 5.73. The van der Waals surface area contributed by atoms with Gasteiger partial charge < -0.3 is 15.1 Å². The van der Waals surface area contributed by atoms with E-state index in [9.17, 15) is 14.4 Å². The van der Waals surface area contributed by atoms with E-state index >= 15 is 0 Å². The summed E-state index contributed by atoms with van der Waals surface area (Å²) in [7, 11) is 0. The number of amides is 3. The van der Waals surface area contributed by atoms with Gasteiger partial charge in [-0.25, -0.2) is 0 Å². The minimum Gasteiger partial charge on any atom is -0.339 e. The van der Waals surface area contributed by atoms with Crippen molar-refractivity contribution in [3.63, 3.8) is 0 Å². The molecule has 2 rings (SSSR count). The predicted octanol–water partition coefficient (Wildman–Crippen LogP) is 1.95. The molecule has 0 unspecified atom stereocenters. The first-order valence-electron chi connectivity index (χ1n) is 8.02. The smallest absolute Gasteiger partial charge is 0.254 e. The summed E-state index contributed by atoms with van der Waals surface area (Å²) in [5, 5.41) is 2.67. The number of hydrogen-bond donors (Lipinski definition) is 1. The largest absolute Gasteiger partial charge is 0.339 e. The van der Waals surface area contributed by atoms with Gasteiger partial charge in [-0.15, -0.1) is 11.6 Å². The van der Waals surface area contributed by atoms with Gasteiger partial charge in [0.25, 0.3) is 5.91 Å². The third-order valence-electron chi connectivity index (χ3n) is 3.87. The molecule has 1 aliphatic heterocycles. The lowest BCUT2D eigenvalue weighted by Gasteiger charge is -2.35. The molecule has 0 aliphatic carbocycles. The van der Waals surface area contributed by atoms with Crippen molar-refractivity contribution in [2.75, 3.05) is 37.4 Å². The molecule has 1 heterocycles. The fourth-order valence-corrected chi connectivity index (χ4v) is 2.78. The average molecular weight is 352 g/mol. The summed E-state index contributed by atoms with van der Waals surface area (Å²) in [6.45, 7) is 3.52. The highest BCUT2D eigenvalue weighted by Crippen LogP contribution is 2.15. The Morgan fingerprint density at radius 3 is 2.42 bits per heavy atom. The Labute approximate surface area is 146 Å². The monoisotopic (exact) mass is 351 g/mol. The molecule has 1 aromatic carbocycles. The van der Waals surface area contributed by atoms with Crippen LogP contribution in [0.3, 0.4) is 0 Å². The van der Waals surface area contributed by atoms with Crippen LogP contribution in [-0.2, 0) is 9.59 Å². The molecule has 7 heteroatoms. The maximum absolute atomic E-state index is 12.6. The predicted molar refractivity (Wildman–Crippen MR) is 93.2 cm³/mol. The summed E-state index contributed by atoms with van der Waals surface area (Å²) in [6, 6.07) is 6.88. The van der Waals surface area contributed by atoms with E-state index in [2.05, 4.69) is 5.32 Å². The molecule has 0 bridgehead atoms. The maximum atomic E-state index is 12.6. The van der Waals surface area contributed by atoms with Crippen LogP contribution in [0.4, 0.5) is 5.69 Å². The molecule has 0 spiro atoms. The minimum atomic E-state index is -0.177. The number of halogens is 1. The van der Waals surface area contributed by atoms with Crippen LogP contribution in [0.2, 0.25) is 0 Å². The third kappa shape index (κ3) is 4.96. The van der Waals surface area contributed by atoms with E-state index in [1.54, 1.807) is 34.1 Å². The van der Waals surface area contributed by atoms with Crippen molar-refractivity contribution < 1.29 is 14.4 Å². The summed E-state index contributed by atoms with van der Waals surface area (Å²) < 4.78 is 0. The van der Waals surface area contributed by atoms with Gasteiger partial charge in [-0.2, -0.15) is 0 Å². The van der Waals surface area contributed by atoms with Crippen LogP contribution >= 0.6 is 11.6 Å². The zero-order valence-corrected chi connectivity index (χ0v) is 14.5. The number of nitrogens with one attached hydrogen (secondary N) is 1. The van der Waals surface area contributed by atoms with E-state index in [-0.39, 0.29) is 17.7 Å². The van der Waals surface area contributed by atoms with Gasteiger partial charge in [-0.1, -0.05) is 6.07 Å². The second kappa shape index (κ2) is 8.68. The first-order valence-corrected chi connectivity index (χ1v) is 8.55. The molecule has 0 saturated carbocycles. The van der Waals surface area contributed by atoms with E-state index in [0.717, 1.165) is 0 Å². The van der Waals surface area contributed by atoms with Crippen molar-refractivity contribution in [1.82, 2.24) is 9.80 Å². The van der Waals surface area contributed by atoms with Crippen LogP contribution in [-0.4, -0.2) is 59.6 Å². The molecule has 130 valence electrons. The van der Waals surface area contributed by atoms with Crippen molar-refractivity contribution >= 4 is 35.0 Å². The lowest BCUT2D eigenvalue weighted by molar-refractivity contribution is -0.132.